The molecule has 0 aliphatic carbocycles. The van der Waals surface area contributed by atoms with Crippen LogP contribution in [-0.2, 0) is 4.79 Å². The molecule has 0 saturated carbocycles. The number of hydrogen-bond acceptors (Lipinski definition) is 7. The number of aromatic hydroxyl groups is 1. The van der Waals surface area contributed by atoms with E-state index in [9.17, 15) is 24.8 Å². The highest BCUT2D eigenvalue weighted by Gasteiger charge is 2.16. The SMILES string of the molecule is CN(C)c1ccc(C=C(NC(=O)c2ccc([N+](=O)[O-])cc2)C(=O)NN=Cc2cc(I)c(O)c(I)c2)cc1. The predicted octanol–water partition coefficient (Wildman–Crippen LogP) is 4.50. The van der Waals surface area contributed by atoms with Crippen molar-refractivity contribution in [2.45, 2.75) is 0 Å². The zero-order chi connectivity index (χ0) is 27.1. The van der Waals surface area contributed by atoms with Crippen molar-refractivity contribution in [3.63, 3.8) is 0 Å². The summed E-state index contributed by atoms with van der Waals surface area (Å²) in [5, 5.41) is 27.3. The Kier molecular flexibility index (Phi) is 9.57. The van der Waals surface area contributed by atoms with Crippen LogP contribution < -0.4 is 15.6 Å². The van der Waals surface area contributed by atoms with Crippen molar-refractivity contribution in [2.24, 2.45) is 5.10 Å². The highest BCUT2D eigenvalue weighted by Crippen LogP contribution is 2.26. The summed E-state index contributed by atoms with van der Waals surface area (Å²) in [5.74, 6) is -1.12. The number of carbonyl (C=O) groups excluding carboxylic acids is 2. The van der Waals surface area contributed by atoms with Crippen molar-refractivity contribution in [2.75, 3.05) is 19.0 Å². The van der Waals surface area contributed by atoms with Crippen LogP contribution in [0, 0.1) is 17.3 Å². The molecule has 0 saturated heterocycles. The molecule has 0 atom stereocenters. The number of anilines is 1. The third-order valence-corrected chi connectivity index (χ3v) is 6.62. The quantitative estimate of drug-likeness (QED) is 0.103. The van der Waals surface area contributed by atoms with Crippen LogP contribution in [0.3, 0.4) is 0 Å². The minimum absolute atomic E-state index is 0.0760. The Labute approximate surface area is 239 Å². The lowest BCUT2D eigenvalue weighted by Gasteiger charge is -2.12. The number of nitrogens with zero attached hydrogens (tertiary/aromatic N) is 3. The molecule has 0 radical (unpaired) electrons. The Bertz CT molecular complexity index is 1360. The molecule has 0 spiro atoms. The van der Waals surface area contributed by atoms with Crippen LogP contribution in [0.5, 0.6) is 5.75 Å². The van der Waals surface area contributed by atoms with Gasteiger partial charge in [0.2, 0.25) is 0 Å². The first-order chi connectivity index (χ1) is 17.5. The maximum absolute atomic E-state index is 13.0. The molecule has 2 amide bonds. The molecule has 37 heavy (non-hydrogen) atoms. The van der Waals surface area contributed by atoms with Gasteiger partial charge in [-0.2, -0.15) is 5.10 Å². The number of rotatable bonds is 8. The van der Waals surface area contributed by atoms with Crippen molar-refractivity contribution in [3.8, 4) is 5.75 Å². The van der Waals surface area contributed by atoms with Crippen molar-refractivity contribution < 1.29 is 19.6 Å². The smallest absolute Gasteiger partial charge is 0.287 e. The van der Waals surface area contributed by atoms with Crippen LogP contribution in [0.4, 0.5) is 11.4 Å². The summed E-state index contributed by atoms with van der Waals surface area (Å²) >= 11 is 3.99. The van der Waals surface area contributed by atoms with Gasteiger partial charge in [-0.3, -0.25) is 19.7 Å². The fourth-order valence-corrected chi connectivity index (χ4v) is 4.82. The Hall–Kier alpha value is -3.53. The number of nitrogens with one attached hydrogen (secondary N) is 2. The van der Waals surface area contributed by atoms with E-state index in [4.69, 9.17) is 0 Å². The molecule has 10 nitrogen and oxygen atoms in total. The van der Waals surface area contributed by atoms with E-state index in [0.29, 0.717) is 18.3 Å². The monoisotopic (exact) mass is 725 g/mol. The topological polar surface area (TPSA) is 137 Å². The zero-order valence-electron chi connectivity index (χ0n) is 19.6. The van der Waals surface area contributed by atoms with Crippen LogP contribution in [0.1, 0.15) is 21.5 Å². The number of non-ortho nitro benzene ring substituents is 1. The van der Waals surface area contributed by atoms with Crippen molar-refractivity contribution >= 4 is 80.7 Å². The van der Waals surface area contributed by atoms with E-state index in [1.807, 2.05) is 76.3 Å². The molecule has 3 N–H and O–H groups in total. The number of carbonyl (C=O) groups is 2. The molecule has 0 aromatic heterocycles. The summed E-state index contributed by atoms with van der Waals surface area (Å²) in [6, 6.07) is 15.8. The number of benzene rings is 3. The number of amides is 2. The molecule has 3 aromatic carbocycles. The highest BCUT2D eigenvalue weighted by atomic mass is 127. The van der Waals surface area contributed by atoms with Gasteiger partial charge < -0.3 is 15.3 Å². The molecule has 0 aliphatic heterocycles. The van der Waals surface area contributed by atoms with Gasteiger partial charge in [0.1, 0.15) is 11.4 Å². The lowest BCUT2D eigenvalue weighted by atomic mass is 10.1. The molecule has 3 rings (SSSR count). The minimum atomic E-state index is -0.675. The first kappa shape index (κ1) is 28.0. The minimum Gasteiger partial charge on any atom is -0.506 e. The molecular formula is C25H21I2N5O5. The second-order valence-electron chi connectivity index (χ2n) is 7.83. The maximum atomic E-state index is 13.0. The summed E-state index contributed by atoms with van der Waals surface area (Å²) < 4.78 is 1.27. The Morgan fingerprint density at radius 1 is 1.00 bits per heavy atom. The van der Waals surface area contributed by atoms with E-state index in [0.717, 1.165) is 5.69 Å². The largest absolute Gasteiger partial charge is 0.506 e. The van der Waals surface area contributed by atoms with Gasteiger partial charge >= 0.3 is 0 Å². The third kappa shape index (κ3) is 7.72. The average Bonchev–Trinajstić information content (AvgIpc) is 2.87. The Morgan fingerprint density at radius 3 is 2.14 bits per heavy atom. The highest BCUT2D eigenvalue weighted by molar-refractivity contribution is 14.1. The molecule has 0 heterocycles. The van der Waals surface area contributed by atoms with E-state index in [-0.39, 0.29) is 22.7 Å². The number of phenolic OH excluding ortho intramolecular Hbond substituents is 1. The third-order valence-electron chi connectivity index (χ3n) is 4.97. The van der Waals surface area contributed by atoms with Gasteiger partial charge in [0.05, 0.1) is 18.3 Å². The Balaban J connectivity index is 1.84. The fraction of sp³-hybridized carbons (Fsp3) is 0.0800. The normalized spacial score (nSPS) is 11.3. The summed E-state index contributed by atoms with van der Waals surface area (Å²) in [6.07, 6.45) is 2.92. The van der Waals surface area contributed by atoms with Gasteiger partial charge in [-0.15, -0.1) is 0 Å². The maximum Gasteiger partial charge on any atom is 0.287 e. The summed E-state index contributed by atoms with van der Waals surface area (Å²) in [5.41, 5.74) is 4.59. The predicted molar refractivity (Wildman–Crippen MR) is 159 cm³/mol. The van der Waals surface area contributed by atoms with Crippen molar-refractivity contribution in [3.05, 3.63) is 100 Å². The molecular weight excluding hydrogens is 704 g/mol. The van der Waals surface area contributed by atoms with E-state index >= 15 is 0 Å². The first-order valence-corrected chi connectivity index (χ1v) is 12.8. The van der Waals surface area contributed by atoms with Crippen LogP contribution in [-0.4, -0.2) is 42.2 Å². The number of halogens is 2. The van der Waals surface area contributed by atoms with Gasteiger partial charge in [0.15, 0.2) is 0 Å². The molecule has 0 aliphatic rings. The van der Waals surface area contributed by atoms with Crippen molar-refractivity contribution in [1.82, 2.24) is 10.7 Å². The van der Waals surface area contributed by atoms with Gasteiger partial charge in [-0.1, -0.05) is 12.1 Å². The van der Waals surface area contributed by atoms with Gasteiger partial charge in [0, 0.05) is 37.5 Å². The molecule has 190 valence electrons. The molecule has 0 fully saturated rings. The first-order valence-electron chi connectivity index (χ1n) is 10.6. The number of phenols is 1. The van der Waals surface area contributed by atoms with Gasteiger partial charge in [-0.05, 0) is 98.8 Å². The Morgan fingerprint density at radius 2 is 1.59 bits per heavy atom. The lowest BCUT2D eigenvalue weighted by molar-refractivity contribution is -0.384. The number of hydrazone groups is 1. The summed E-state index contributed by atoms with van der Waals surface area (Å²) in [7, 11) is 3.81. The fourth-order valence-electron chi connectivity index (χ4n) is 3.01. The van der Waals surface area contributed by atoms with E-state index in [2.05, 4.69) is 15.8 Å². The average molecular weight is 725 g/mol. The van der Waals surface area contributed by atoms with Crippen LogP contribution in [0.25, 0.3) is 6.08 Å². The van der Waals surface area contributed by atoms with Gasteiger partial charge in [0.25, 0.3) is 17.5 Å². The molecule has 0 unspecified atom stereocenters. The molecule has 0 bridgehead atoms. The van der Waals surface area contributed by atoms with E-state index in [1.54, 1.807) is 24.3 Å². The molecule has 12 heteroatoms. The van der Waals surface area contributed by atoms with Crippen LogP contribution >= 0.6 is 45.2 Å². The number of nitro benzene ring substituents is 1. The summed E-state index contributed by atoms with van der Waals surface area (Å²) in [6.45, 7) is 0. The van der Waals surface area contributed by atoms with Crippen molar-refractivity contribution in [1.29, 1.82) is 0 Å². The molecule has 3 aromatic rings. The van der Waals surface area contributed by atoms with E-state index < -0.39 is 16.7 Å². The number of nitro groups is 1. The summed E-state index contributed by atoms with van der Waals surface area (Å²) in [4.78, 5) is 38.0. The second kappa shape index (κ2) is 12.6. The van der Waals surface area contributed by atoms with Crippen LogP contribution in [0.15, 0.2) is 71.5 Å². The number of hydrogen-bond donors (Lipinski definition) is 3. The second-order valence-corrected chi connectivity index (χ2v) is 10.2. The van der Waals surface area contributed by atoms with E-state index in [1.165, 1.54) is 36.6 Å². The zero-order valence-corrected chi connectivity index (χ0v) is 23.9. The van der Waals surface area contributed by atoms with Crippen LogP contribution in [0.2, 0.25) is 0 Å². The lowest BCUT2D eigenvalue weighted by Crippen LogP contribution is -2.32. The standard InChI is InChI=1S/C25H21I2N5O5/c1-31(2)18-7-3-15(4-8-18)13-22(29-24(34)17-5-9-19(10-6-17)32(36)37)25(35)30-28-14-16-11-20(26)23(33)21(27)12-16/h3-14,33H,1-2H3,(H,29,34)(H,30,35). The van der Waals surface area contributed by atoms with Gasteiger partial charge in [-0.25, -0.2) is 5.43 Å².